The van der Waals surface area contributed by atoms with Crippen LogP contribution in [0.4, 0.5) is 0 Å². The van der Waals surface area contributed by atoms with E-state index in [1.165, 1.54) is 22.8 Å². The minimum atomic E-state index is 0.0869. The molecule has 0 heterocycles. The van der Waals surface area contributed by atoms with Gasteiger partial charge in [0.15, 0.2) is 0 Å². The molecule has 0 aromatic heterocycles. The summed E-state index contributed by atoms with van der Waals surface area (Å²) in [5.41, 5.74) is 4.44. The summed E-state index contributed by atoms with van der Waals surface area (Å²) in [6.07, 6.45) is 0. The average Bonchev–Trinajstić information content (AvgIpc) is 2.26. The second kappa shape index (κ2) is 4.73. The first-order chi connectivity index (χ1) is 8.47. The Morgan fingerprint density at radius 1 is 0.889 bits per heavy atom. The van der Waals surface area contributed by atoms with E-state index in [0.29, 0.717) is 0 Å². The Hall–Kier alpha value is -1.96. The third-order valence-corrected chi connectivity index (χ3v) is 3.22. The van der Waals surface area contributed by atoms with Crippen LogP contribution in [-0.4, -0.2) is 10.2 Å². The molecule has 18 heavy (non-hydrogen) atoms. The van der Waals surface area contributed by atoms with Crippen molar-refractivity contribution in [1.29, 1.82) is 0 Å². The van der Waals surface area contributed by atoms with E-state index in [1.54, 1.807) is 12.1 Å². The minimum absolute atomic E-state index is 0.0869. The van der Waals surface area contributed by atoms with Crippen LogP contribution in [0.3, 0.4) is 0 Å². The molecular formula is C16H18O2. The minimum Gasteiger partial charge on any atom is -0.508 e. The molecule has 2 N–H and O–H groups in total. The predicted molar refractivity (Wildman–Crippen MR) is 73.2 cm³/mol. The normalized spacial score (nSPS) is 12.4. The average molecular weight is 242 g/mol. The van der Waals surface area contributed by atoms with Crippen molar-refractivity contribution in [1.82, 2.24) is 0 Å². The topological polar surface area (TPSA) is 40.5 Å². The highest BCUT2D eigenvalue weighted by atomic mass is 16.3. The molecule has 2 nitrogen and oxygen atoms in total. The predicted octanol–water partition coefficient (Wildman–Crippen LogP) is 3.87. The molecule has 1 atom stereocenters. The van der Waals surface area contributed by atoms with Gasteiger partial charge in [0.1, 0.15) is 11.5 Å². The van der Waals surface area contributed by atoms with Crippen molar-refractivity contribution in [3.05, 3.63) is 58.7 Å². The highest BCUT2D eigenvalue weighted by molar-refractivity contribution is 5.45. The smallest absolute Gasteiger partial charge is 0.123 e. The first-order valence-electron chi connectivity index (χ1n) is 6.07. The molecule has 0 saturated carbocycles. The van der Waals surface area contributed by atoms with Gasteiger partial charge >= 0.3 is 0 Å². The van der Waals surface area contributed by atoms with E-state index in [1.807, 2.05) is 0 Å². The number of hydrogen-bond acceptors (Lipinski definition) is 2. The zero-order valence-corrected chi connectivity index (χ0v) is 10.9. The van der Waals surface area contributed by atoms with E-state index < -0.39 is 0 Å². The lowest BCUT2D eigenvalue weighted by molar-refractivity contribution is 0.444. The number of benzene rings is 2. The number of rotatable bonds is 2. The Morgan fingerprint density at radius 2 is 1.50 bits per heavy atom. The van der Waals surface area contributed by atoms with Crippen LogP contribution in [0.2, 0.25) is 0 Å². The van der Waals surface area contributed by atoms with Gasteiger partial charge in [-0.1, -0.05) is 42.3 Å². The molecule has 2 rings (SSSR count). The van der Waals surface area contributed by atoms with E-state index in [-0.39, 0.29) is 17.4 Å². The van der Waals surface area contributed by atoms with Crippen LogP contribution in [0.25, 0.3) is 0 Å². The van der Waals surface area contributed by atoms with Gasteiger partial charge in [-0.25, -0.2) is 0 Å². The third-order valence-electron chi connectivity index (χ3n) is 3.22. The van der Waals surface area contributed by atoms with Crippen molar-refractivity contribution in [3.63, 3.8) is 0 Å². The maximum absolute atomic E-state index is 9.90. The number of hydrogen-bond donors (Lipinski definition) is 2. The highest BCUT2D eigenvalue weighted by Crippen LogP contribution is 2.33. The highest BCUT2D eigenvalue weighted by Gasteiger charge is 2.13. The molecule has 0 spiro atoms. The lowest BCUT2D eigenvalue weighted by Crippen LogP contribution is -1.98. The van der Waals surface area contributed by atoms with Crippen LogP contribution in [0.5, 0.6) is 11.5 Å². The SMILES string of the molecule is Cc1cc(C)cc(C(C)c2ccc(O)cc2O)c1. The Morgan fingerprint density at radius 3 is 2.06 bits per heavy atom. The molecule has 0 aliphatic carbocycles. The number of aryl methyl sites for hydroxylation is 2. The number of phenolic OH excluding ortho intramolecular Hbond substituents is 2. The standard InChI is InChI=1S/C16H18O2/c1-10-6-11(2)8-13(7-10)12(3)15-5-4-14(17)9-16(15)18/h4-9,12,17-18H,1-3H3. The third kappa shape index (κ3) is 2.48. The molecule has 2 aromatic rings. The van der Waals surface area contributed by atoms with Gasteiger partial charge in [0.25, 0.3) is 0 Å². The Kier molecular flexibility index (Phi) is 3.28. The molecule has 2 heteroatoms. The molecule has 1 unspecified atom stereocenters. The summed E-state index contributed by atoms with van der Waals surface area (Å²) in [6.45, 7) is 6.19. The second-order valence-electron chi connectivity index (χ2n) is 4.89. The van der Waals surface area contributed by atoms with Crippen molar-refractivity contribution >= 4 is 0 Å². The molecule has 0 radical (unpaired) electrons. The molecule has 0 aliphatic heterocycles. The maximum Gasteiger partial charge on any atom is 0.123 e. The lowest BCUT2D eigenvalue weighted by atomic mass is 9.90. The molecule has 0 bridgehead atoms. The summed E-state index contributed by atoms with van der Waals surface area (Å²) in [4.78, 5) is 0. The van der Waals surface area contributed by atoms with Crippen molar-refractivity contribution in [2.45, 2.75) is 26.7 Å². The summed E-state index contributed by atoms with van der Waals surface area (Å²) in [5, 5.41) is 19.2. The van der Waals surface area contributed by atoms with E-state index >= 15 is 0 Å². The van der Waals surface area contributed by atoms with Crippen molar-refractivity contribution < 1.29 is 10.2 Å². The van der Waals surface area contributed by atoms with Crippen LogP contribution < -0.4 is 0 Å². The van der Waals surface area contributed by atoms with Crippen molar-refractivity contribution in [2.24, 2.45) is 0 Å². The molecule has 0 aliphatic rings. The second-order valence-corrected chi connectivity index (χ2v) is 4.89. The van der Waals surface area contributed by atoms with Crippen LogP contribution in [0.15, 0.2) is 36.4 Å². The fourth-order valence-electron chi connectivity index (χ4n) is 2.34. The summed E-state index contributed by atoms with van der Waals surface area (Å²) >= 11 is 0. The zero-order valence-electron chi connectivity index (χ0n) is 10.9. The molecule has 94 valence electrons. The fraction of sp³-hybridized carbons (Fsp3) is 0.250. The van der Waals surface area contributed by atoms with Gasteiger partial charge < -0.3 is 10.2 Å². The summed E-state index contributed by atoms with van der Waals surface area (Å²) in [6, 6.07) is 11.1. The fourth-order valence-corrected chi connectivity index (χ4v) is 2.34. The van der Waals surface area contributed by atoms with E-state index in [2.05, 4.69) is 39.0 Å². The largest absolute Gasteiger partial charge is 0.508 e. The van der Waals surface area contributed by atoms with Gasteiger partial charge in [-0.3, -0.25) is 0 Å². The van der Waals surface area contributed by atoms with Crippen LogP contribution in [0.1, 0.15) is 35.1 Å². The first kappa shape index (κ1) is 12.5. The summed E-state index contributed by atoms with van der Waals surface area (Å²) < 4.78 is 0. The Bertz CT molecular complexity index is 553. The quantitative estimate of drug-likeness (QED) is 0.839. The van der Waals surface area contributed by atoms with E-state index in [4.69, 9.17) is 0 Å². The van der Waals surface area contributed by atoms with Gasteiger partial charge in [0, 0.05) is 17.5 Å². The summed E-state index contributed by atoms with van der Waals surface area (Å²) in [5.74, 6) is 0.328. The van der Waals surface area contributed by atoms with Crippen LogP contribution >= 0.6 is 0 Å². The number of phenols is 2. The molecular weight excluding hydrogens is 224 g/mol. The van der Waals surface area contributed by atoms with Gasteiger partial charge in [-0.2, -0.15) is 0 Å². The van der Waals surface area contributed by atoms with Gasteiger partial charge in [-0.15, -0.1) is 0 Å². The van der Waals surface area contributed by atoms with E-state index in [0.717, 1.165) is 5.56 Å². The lowest BCUT2D eigenvalue weighted by Gasteiger charge is -2.15. The molecule has 0 amide bonds. The first-order valence-corrected chi connectivity index (χ1v) is 6.07. The molecule has 0 fully saturated rings. The monoisotopic (exact) mass is 242 g/mol. The zero-order chi connectivity index (χ0) is 13.3. The summed E-state index contributed by atoms with van der Waals surface area (Å²) in [7, 11) is 0. The van der Waals surface area contributed by atoms with Crippen LogP contribution in [0, 0.1) is 13.8 Å². The number of aromatic hydroxyl groups is 2. The van der Waals surface area contributed by atoms with Crippen molar-refractivity contribution in [2.75, 3.05) is 0 Å². The van der Waals surface area contributed by atoms with E-state index in [9.17, 15) is 10.2 Å². The van der Waals surface area contributed by atoms with Gasteiger partial charge in [0.05, 0.1) is 0 Å². The van der Waals surface area contributed by atoms with Gasteiger partial charge in [-0.05, 0) is 25.5 Å². The van der Waals surface area contributed by atoms with Gasteiger partial charge in [0.2, 0.25) is 0 Å². The molecule has 0 saturated heterocycles. The maximum atomic E-state index is 9.90. The van der Waals surface area contributed by atoms with Crippen LogP contribution in [-0.2, 0) is 0 Å². The Labute approximate surface area is 108 Å². The van der Waals surface area contributed by atoms with Crippen molar-refractivity contribution in [3.8, 4) is 11.5 Å². The molecule has 2 aromatic carbocycles. The Balaban J connectivity index is 2.44.